The van der Waals surface area contributed by atoms with Crippen LogP contribution in [-0.4, -0.2) is 10.9 Å². The van der Waals surface area contributed by atoms with Crippen LogP contribution in [0.5, 0.6) is 0 Å². The Morgan fingerprint density at radius 1 is 1.03 bits per heavy atom. The van der Waals surface area contributed by atoms with Crippen LogP contribution < -0.4 is 5.32 Å². The highest BCUT2D eigenvalue weighted by atomic mass is 19.4. The third-order valence-electron chi connectivity index (χ3n) is 5.84. The summed E-state index contributed by atoms with van der Waals surface area (Å²) in [5.74, 6) is -2.82. The SMILES string of the molecule is C=C(Nc1c[nH]c2ccc(CCCc3ccc(C(F)(F)F)cc3)cc12)C1CC(F)(F)C1. The fourth-order valence-electron chi connectivity index (χ4n) is 3.97. The van der Waals surface area contributed by atoms with Gasteiger partial charge in [0.1, 0.15) is 0 Å². The summed E-state index contributed by atoms with van der Waals surface area (Å²) in [5, 5.41) is 4.14. The largest absolute Gasteiger partial charge is 0.416 e. The summed E-state index contributed by atoms with van der Waals surface area (Å²) in [6.07, 6.45) is -0.598. The summed E-state index contributed by atoms with van der Waals surface area (Å²) in [6, 6.07) is 11.3. The van der Waals surface area contributed by atoms with Gasteiger partial charge in [-0.15, -0.1) is 0 Å². The van der Waals surface area contributed by atoms with Crippen LogP contribution in [0.4, 0.5) is 27.6 Å². The zero-order valence-electron chi connectivity index (χ0n) is 16.8. The van der Waals surface area contributed by atoms with Crippen LogP contribution in [0.15, 0.2) is 60.9 Å². The van der Waals surface area contributed by atoms with E-state index in [1.807, 2.05) is 18.2 Å². The van der Waals surface area contributed by atoms with Gasteiger partial charge in [0.15, 0.2) is 0 Å². The van der Waals surface area contributed by atoms with Gasteiger partial charge < -0.3 is 10.3 Å². The Bertz CT molecular complexity index is 1070. The molecule has 2 aromatic carbocycles. The fraction of sp³-hybridized carbons (Fsp3) is 0.333. The molecule has 1 aliphatic rings. The van der Waals surface area contributed by atoms with Crippen LogP contribution in [0, 0.1) is 5.92 Å². The van der Waals surface area contributed by atoms with E-state index in [1.54, 1.807) is 6.20 Å². The van der Waals surface area contributed by atoms with Gasteiger partial charge in [0.2, 0.25) is 5.92 Å². The van der Waals surface area contributed by atoms with Crippen molar-refractivity contribution < 1.29 is 22.0 Å². The summed E-state index contributed by atoms with van der Waals surface area (Å²) >= 11 is 0. The topological polar surface area (TPSA) is 27.8 Å². The highest BCUT2D eigenvalue weighted by Gasteiger charge is 2.46. The van der Waals surface area contributed by atoms with Crippen LogP contribution in [0.1, 0.15) is 36.0 Å². The van der Waals surface area contributed by atoms with Crippen molar-refractivity contribution in [2.75, 3.05) is 5.32 Å². The van der Waals surface area contributed by atoms with E-state index in [0.717, 1.165) is 52.7 Å². The quantitative estimate of drug-likeness (QED) is 0.374. The van der Waals surface area contributed by atoms with Gasteiger partial charge in [-0.2, -0.15) is 13.2 Å². The Balaban J connectivity index is 1.36. The molecule has 164 valence electrons. The Labute approximate surface area is 177 Å². The Hall–Kier alpha value is -2.83. The first-order valence-corrected chi connectivity index (χ1v) is 10.2. The van der Waals surface area contributed by atoms with Gasteiger partial charge in [0, 0.05) is 41.6 Å². The van der Waals surface area contributed by atoms with Crippen molar-refractivity contribution >= 4 is 16.6 Å². The number of rotatable bonds is 7. The minimum absolute atomic E-state index is 0.170. The minimum Gasteiger partial charge on any atom is -0.359 e. The number of benzene rings is 2. The smallest absolute Gasteiger partial charge is 0.359 e. The lowest BCUT2D eigenvalue weighted by Crippen LogP contribution is -2.37. The van der Waals surface area contributed by atoms with Crippen LogP contribution in [0.25, 0.3) is 10.9 Å². The van der Waals surface area contributed by atoms with Crippen molar-refractivity contribution in [3.05, 3.63) is 77.6 Å². The maximum Gasteiger partial charge on any atom is 0.416 e. The molecule has 1 saturated carbocycles. The van der Waals surface area contributed by atoms with E-state index in [9.17, 15) is 22.0 Å². The van der Waals surface area contributed by atoms with Crippen molar-refractivity contribution in [3.8, 4) is 0 Å². The normalized spacial score (nSPS) is 16.3. The van der Waals surface area contributed by atoms with Crippen molar-refractivity contribution in [2.45, 2.75) is 44.2 Å². The Morgan fingerprint density at radius 2 is 1.68 bits per heavy atom. The van der Waals surface area contributed by atoms with E-state index in [4.69, 9.17) is 0 Å². The van der Waals surface area contributed by atoms with Crippen LogP contribution in [0.2, 0.25) is 0 Å². The van der Waals surface area contributed by atoms with E-state index in [0.29, 0.717) is 12.1 Å². The molecule has 2 nitrogen and oxygen atoms in total. The van der Waals surface area contributed by atoms with Crippen molar-refractivity contribution in [1.82, 2.24) is 4.98 Å². The predicted octanol–water partition coefficient (Wildman–Crippen LogP) is 7.33. The van der Waals surface area contributed by atoms with Gasteiger partial charge in [0.25, 0.3) is 0 Å². The zero-order valence-corrected chi connectivity index (χ0v) is 16.8. The third-order valence-corrected chi connectivity index (χ3v) is 5.84. The van der Waals surface area contributed by atoms with E-state index in [1.165, 1.54) is 12.1 Å². The van der Waals surface area contributed by atoms with Crippen LogP contribution in [-0.2, 0) is 19.0 Å². The summed E-state index contributed by atoms with van der Waals surface area (Å²) in [5.41, 5.74) is 3.66. The summed E-state index contributed by atoms with van der Waals surface area (Å²) in [4.78, 5) is 3.17. The number of H-pyrrole nitrogens is 1. The van der Waals surface area contributed by atoms with Gasteiger partial charge in [-0.05, 0) is 54.7 Å². The van der Waals surface area contributed by atoms with Gasteiger partial charge in [-0.3, -0.25) is 0 Å². The molecule has 0 bridgehead atoms. The number of aromatic nitrogens is 1. The highest BCUT2D eigenvalue weighted by molar-refractivity contribution is 5.93. The van der Waals surface area contributed by atoms with Gasteiger partial charge in [0.05, 0.1) is 11.3 Å². The van der Waals surface area contributed by atoms with Crippen LogP contribution in [0.3, 0.4) is 0 Å². The highest BCUT2D eigenvalue weighted by Crippen LogP contribution is 2.45. The number of allylic oxidation sites excluding steroid dienone is 1. The molecule has 0 spiro atoms. The molecule has 0 saturated heterocycles. The molecule has 3 aromatic rings. The van der Waals surface area contributed by atoms with Crippen molar-refractivity contribution in [3.63, 3.8) is 0 Å². The number of hydrogen-bond donors (Lipinski definition) is 2. The first kappa shape index (κ1) is 21.4. The fourth-order valence-corrected chi connectivity index (χ4v) is 3.97. The molecule has 31 heavy (non-hydrogen) atoms. The lowest BCUT2D eigenvalue weighted by Gasteiger charge is -2.36. The molecular weight excluding hydrogens is 411 g/mol. The number of anilines is 1. The molecule has 0 radical (unpaired) electrons. The van der Waals surface area contributed by atoms with Gasteiger partial charge in [-0.25, -0.2) is 8.78 Å². The number of nitrogens with one attached hydrogen (secondary N) is 2. The molecule has 0 amide bonds. The molecule has 1 aromatic heterocycles. The minimum atomic E-state index is -4.32. The van der Waals surface area contributed by atoms with E-state index in [-0.39, 0.29) is 18.8 Å². The van der Waals surface area contributed by atoms with Crippen molar-refractivity contribution in [2.24, 2.45) is 5.92 Å². The number of alkyl halides is 5. The molecule has 1 fully saturated rings. The molecule has 1 aliphatic carbocycles. The maximum atomic E-state index is 13.1. The third kappa shape index (κ3) is 4.92. The molecule has 7 heteroatoms. The van der Waals surface area contributed by atoms with Gasteiger partial charge in [-0.1, -0.05) is 24.8 Å². The van der Waals surface area contributed by atoms with Crippen molar-refractivity contribution in [1.29, 1.82) is 0 Å². The number of halogens is 5. The first-order valence-electron chi connectivity index (χ1n) is 10.2. The second kappa shape index (κ2) is 8.02. The standard InChI is InChI=1S/C24H23F5N2/c1-15(18-12-23(25,26)13-18)31-22-14-30-21-10-7-17(11-20(21)22)4-2-3-16-5-8-19(9-6-16)24(27,28)29/h5-11,14,18,30-31H,1-4,12-13H2. The van der Waals surface area contributed by atoms with E-state index in [2.05, 4.69) is 16.9 Å². The molecule has 0 atom stereocenters. The Kier molecular flexibility index (Phi) is 5.54. The monoisotopic (exact) mass is 434 g/mol. The number of fused-ring (bicyclic) bond motifs is 1. The summed E-state index contributed by atoms with van der Waals surface area (Å²) < 4.78 is 64.2. The first-order chi connectivity index (χ1) is 14.6. The average molecular weight is 434 g/mol. The summed E-state index contributed by atoms with van der Waals surface area (Å²) in [6.45, 7) is 3.92. The average Bonchev–Trinajstić information content (AvgIpc) is 3.08. The second-order valence-electron chi connectivity index (χ2n) is 8.24. The summed E-state index contributed by atoms with van der Waals surface area (Å²) in [7, 11) is 0. The molecule has 0 unspecified atom stereocenters. The van der Waals surface area contributed by atoms with Crippen LogP contribution >= 0.6 is 0 Å². The second-order valence-corrected chi connectivity index (χ2v) is 8.24. The predicted molar refractivity (Wildman–Crippen MR) is 112 cm³/mol. The zero-order chi connectivity index (χ0) is 22.2. The van der Waals surface area contributed by atoms with E-state index >= 15 is 0 Å². The molecule has 0 aliphatic heterocycles. The molecule has 1 heterocycles. The number of aromatic amines is 1. The lowest BCUT2D eigenvalue weighted by molar-refractivity contribution is -0.137. The number of hydrogen-bond acceptors (Lipinski definition) is 1. The Morgan fingerprint density at radius 3 is 2.32 bits per heavy atom. The molecule has 2 N–H and O–H groups in total. The maximum absolute atomic E-state index is 13.1. The van der Waals surface area contributed by atoms with E-state index < -0.39 is 17.7 Å². The lowest BCUT2D eigenvalue weighted by atomic mass is 9.79. The number of aryl methyl sites for hydroxylation is 2. The molecule has 4 rings (SSSR count). The van der Waals surface area contributed by atoms with Gasteiger partial charge >= 0.3 is 6.18 Å². The molecular formula is C24H23F5N2.